The second-order valence-corrected chi connectivity index (χ2v) is 9.43. The Labute approximate surface area is 206 Å². The molecule has 0 radical (unpaired) electrons. The Morgan fingerprint density at radius 1 is 1.11 bits per heavy atom. The number of nitrogens with zero attached hydrogens (tertiary/aromatic N) is 6. The maximum atomic E-state index is 15.6. The van der Waals surface area contributed by atoms with Gasteiger partial charge in [0.05, 0.1) is 6.54 Å². The first-order valence-electron chi connectivity index (χ1n) is 11.9. The van der Waals surface area contributed by atoms with Crippen LogP contribution in [0.15, 0.2) is 30.5 Å². The van der Waals surface area contributed by atoms with E-state index in [4.69, 9.17) is 0 Å². The van der Waals surface area contributed by atoms with Crippen LogP contribution >= 0.6 is 0 Å². The molecule has 1 N–H and O–H groups in total. The number of benzene rings is 1. The molecule has 2 aromatic heterocycles. The molecular weight excluding hydrogens is 465 g/mol. The Morgan fingerprint density at radius 3 is 2.81 bits per heavy atom. The van der Waals surface area contributed by atoms with Crippen molar-refractivity contribution in [3.05, 3.63) is 64.6 Å². The molecule has 3 aliphatic heterocycles. The number of carbonyl (C=O) groups is 3. The molecule has 1 atom stereocenters. The maximum absolute atomic E-state index is 15.6. The predicted octanol–water partition coefficient (Wildman–Crippen LogP) is 1.56. The molecule has 3 aliphatic rings. The maximum Gasteiger partial charge on any atom is 0.255 e. The van der Waals surface area contributed by atoms with E-state index in [1.54, 1.807) is 30.5 Å². The highest BCUT2D eigenvalue weighted by Gasteiger charge is 2.39. The molecule has 1 saturated heterocycles. The van der Waals surface area contributed by atoms with Gasteiger partial charge < -0.3 is 9.47 Å². The molecule has 3 amide bonds. The highest BCUT2D eigenvalue weighted by molar-refractivity contribution is 6.05. The van der Waals surface area contributed by atoms with Crippen LogP contribution in [-0.4, -0.2) is 59.9 Å². The SMILES string of the molecule is Cc1nnc2n1CCN(Cc1ccnc(-c3ccc4c(c3)CN(C3CCC(=O)NC3=O)C4=O)c1F)C2. The van der Waals surface area contributed by atoms with Gasteiger partial charge in [0.15, 0.2) is 5.82 Å². The van der Waals surface area contributed by atoms with Crippen molar-refractivity contribution in [2.75, 3.05) is 6.54 Å². The molecule has 184 valence electrons. The van der Waals surface area contributed by atoms with Gasteiger partial charge in [0.2, 0.25) is 11.8 Å². The van der Waals surface area contributed by atoms with Gasteiger partial charge in [0, 0.05) is 55.5 Å². The van der Waals surface area contributed by atoms with Gasteiger partial charge in [0.25, 0.3) is 5.91 Å². The molecule has 11 heteroatoms. The van der Waals surface area contributed by atoms with E-state index in [-0.39, 0.29) is 30.5 Å². The normalized spacial score (nSPS) is 19.9. The van der Waals surface area contributed by atoms with Crippen molar-refractivity contribution < 1.29 is 18.8 Å². The first-order valence-corrected chi connectivity index (χ1v) is 11.9. The summed E-state index contributed by atoms with van der Waals surface area (Å²) < 4.78 is 17.7. The number of piperidine rings is 1. The van der Waals surface area contributed by atoms with Crippen molar-refractivity contribution in [1.82, 2.24) is 34.9 Å². The van der Waals surface area contributed by atoms with E-state index in [2.05, 4.69) is 30.0 Å². The molecule has 5 heterocycles. The average molecular weight is 490 g/mol. The summed E-state index contributed by atoms with van der Waals surface area (Å²) in [7, 11) is 0. The zero-order chi connectivity index (χ0) is 25.0. The molecular formula is C25H24FN7O3. The lowest BCUT2D eigenvalue weighted by Gasteiger charge is -2.29. The van der Waals surface area contributed by atoms with Gasteiger partial charge in [-0.25, -0.2) is 4.39 Å². The number of fused-ring (bicyclic) bond motifs is 2. The number of imide groups is 1. The van der Waals surface area contributed by atoms with Crippen LogP contribution in [0, 0.1) is 12.7 Å². The molecule has 3 aromatic rings. The summed E-state index contributed by atoms with van der Waals surface area (Å²) in [5.74, 6) is 0.309. The number of hydrogen-bond donors (Lipinski definition) is 1. The van der Waals surface area contributed by atoms with Crippen molar-refractivity contribution >= 4 is 17.7 Å². The number of hydrogen-bond acceptors (Lipinski definition) is 7. The van der Waals surface area contributed by atoms with Crippen LogP contribution in [0.2, 0.25) is 0 Å². The smallest absolute Gasteiger partial charge is 0.255 e. The first kappa shape index (κ1) is 22.5. The topological polar surface area (TPSA) is 113 Å². The zero-order valence-corrected chi connectivity index (χ0v) is 19.7. The summed E-state index contributed by atoms with van der Waals surface area (Å²) in [6, 6.07) is 6.10. The van der Waals surface area contributed by atoms with Gasteiger partial charge >= 0.3 is 0 Å². The van der Waals surface area contributed by atoms with Crippen LogP contribution in [0.3, 0.4) is 0 Å². The lowest BCUT2D eigenvalue weighted by atomic mass is 10.0. The minimum atomic E-state index is -0.691. The zero-order valence-electron chi connectivity index (χ0n) is 19.7. The Balaban J connectivity index is 1.23. The fraction of sp³-hybridized carbons (Fsp3) is 0.360. The Bertz CT molecular complexity index is 1420. The fourth-order valence-electron chi connectivity index (χ4n) is 5.26. The summed E-state index contributed by atoms with van der Waals surface area (Å²) >= 11 is 0. The summed E-state index contributed by atoms with van der Waals surface area (Å²) in [6.45, 7) is 4.68. The number of carbonyl (C=O) groups excluding carboxylic acids is 3. The van der Waals surface area contributed by atoms with Crippen LogP contribution in [0.4, 0.5) is 4.39 Å². The average Bonchev–Trinajstić information content (AvgIpc) is 3.39. The molecule has 36 heavy (non-hydrogen) atoms. The summed E-state index contributed by atoms with van der Waals surface area (Å²) in [4.78, 5) is 44.6. The monoisotopic (exact) mass is 489 g/mol. The van der Waals surface area contributed by atoms with E-state index in [0.717, 1.165) is 24.7 Å². The molecule has 0 aliphatic carbocycles. The van der Waals surface area contributed by atoms with E-state index < -0.39 is 17.8 Å². The molecule has 1 unspecified atom stereocenters. The van der Waals surface area contributed by atoms with Crippen LogP contribution < -0.4 is 5.32 Å². The number of rotatable bonds is 4. The van der Waals surface area contributed by atoms with E-state index in [1.165, 1.54) is 4.90 Å². The number of aromatic nitrogens is 4. The predicted molar refractivity (Wildman–Crippen MR) is 125 cm³/mol. The van der Waals surface area contributed by atoms with Gasteiger partial charge in [-0.05, 0) is 37.1 Å². The lowest BCUT2D eigenvalue weighted by molar-refractivity contribution is -0.136. The minimum absolute atomic E-state index is 0.193. The molecule has 0 bridgehead atoms. The van der Waals surface area contributed by atoms with E-state index in [1.807, 2.05) is 6.92 Å². The van der Waals surface area contributed by atoms with Crippen molar-refractivity contribution in [2.24, 2.45) is 0 Å². The number of halogens is 1. The number of nitrogens with one attached hydrogen (secondary N) is 1. The lowest BCUT2D eigenvalue weighted by Crippen LogP contribution is -2.52. The Hall–Kier alpha value is -3.99. The molecule has 1 aromatic carbocycles. The second-order valence-electron chi connectivity index (χ2n) is 9.43. The Morgan fingerprint density at radius 2 is 1.97 bits per heavy atom. The number of aryl methyl sites for hydroxylation is 1. The van der Waals surface area contributed by atoms with Crippen LogP contribution in [0.5, 0.6) is 0 Å². The van der Waals surface area contributed by atoms with Crippen LogP contribution in [0.25, 0.3) is 11.3 Å². The molecule has 0 spiro atoms. The molecule has 6 rings (SSSR count). The minimum Gasteiger partial charge on any atom is -0.322 e. The third-order valence-corrected chi connectivity index (χ3v) is 7.18. The van der Waals surface area contributed by atoms with E-state index >= 15 is 4.39 Å². The van der Waals surface area contributed by atoms with E-state index in [9.17, 15) is 14.4 Å². The van der Waals surface area contributed by atoms with Gasteiger partial charge in [-0.1, -0.05) is 6.07 Å². The quantitative estimate of drug-likeness (QED) is 0.554. The van der Waals surface area contributed by atoms with Crippen molar-refractivity contribution in [2.45, 2.75) is 52.0 Å². The largest absolute Gasteiger partial charge is 0.322 e. The van der Waals surface area contributed by atoms with Gasteiger partial charge in [-0.3, -0.25) is 29.6 Å². The third-order valence-electron chi connectivity index (χ3n) is 7.18. The number of amides is 3. The third kappa shape index (κ3) is 3.76. The Kier molecular flexibility index (Phi) is 5.36. The van der Waals surface area contributed by atoms with Crippen LogP contribution in [-0.2, 0) is 35.8 Å². The fourth-order valence-corrected chi connectivity index (χ4v) is 5.26. The molecule has 10 nitrogen and oxygen atoms in total. The first-order chi connectivity index (χ1) is 17.4. The van der Waals surface area contributed by atoms with Crippen molar-refractivity contribution in [3.8, 4) is 11.3 Å². The van der Waals surface area contributed by atoms with E-state index in [0.29, 0.717) is 41.8 Å². The molecule has 0 saturated carbocycles. The van der Waals surface area contributed by atoms with Crippen molar-refractivity contribution in [1.29, 1.82) is 0 Å². The van der Waals surface area contributed by atoms with Crippen molar-refractivity contribution in [3.63, 3.8) is 0 Å². The summed E-state index contributed by atoms with van der Waals surface area (Å²) in [5.41, 5.74) is 2.51. The second kappa shape index (κ2) is 8.59. The summed E-state index contributed by atoms with van der Waals surface area (Å²) in [6.07, 6.45) is 2.08. The van der Waals surface area contributed by atoms with Gasteiger partial charge in [-0.15, -0.1) is 10.2 Å². The van der Waals surface area contributed by atoms with Gasteiger partial charge in [-0.2, -0.15) is 0 Å². The van der Waals surface area contributed by atoms with Crippen LogP contribution in [0.1, 0.15) is 46.0 Å². The highest BCUT2D eigenvalue weighted by Crippen LogP contribution is 2.32. The highest BCUT2D eigenvalue weighted by atomic mass is 19.1. The van der Waals surface area contributed by atoms with Gasteiger partial charge in [0.1, 0.15) is 23.4 Å². The number of pyridine rings is 1. The summed E-state index contributed by atoms with van der Waals surface area (Å²) in [5, 5.41) is 10.6. The standard InChI is InChI=1S/C25H24FN7O3/c1-14-29-30-20-13-31(8-9-32(14)20)11-16-6-7-27-23(22(16)26)15-2-3-18-17(10-15)12-33(25(18)36)19-4-5-21(34)28-24(19)35/h2-3,6-7,10,19H,4-5,8-9,11-13H2,1H3,(H,28,34,35). The molecule has 1 fully saturated rings.